The lowest BCUT2D eigenvalue weighted by atomic mass is 10.1. The monoisotopic (exact) mass is 557 g/mol. The predicted octanol–water partition coefficient (Wildman–Crippen LogP) is 3.10. The standard InChI is InChI=1S/C23H35N5O3.HI/c1-23(2,3)31-22(30)26-19-11-13-28(16-19)21(24-4)25-14-17-7-9-18(10-8-17)15-27-12-5-6-20(27)29;/h7-10,19H,5-6,11-16H2,1-4H3,(H,24,25)(H,26,30);1H. The Bertz CT molecular complexity index is 807. The summed E-state index contributed by atoms with van der Waals surface area (Å²) in [6.45, 7) is 9.31. The van der Waals surface area contributed by atoms with E-state index in [0.29, 0.717) is 26.1 Å². The molecule has 1 aromatic rings. The summed E-state index contributed by atoms with van der Waals surface area (Å²) in [6.07, 6.45) is 2.11. The Morgan fingerprint density at radius 2 is 1.88 bits per heavy atom. The summed E-state index contributed by atoms with van der Waals surface area (Å²) < 4.78 is 5.35. The maximum Gasteiger partial charge on any atom is 0.407 e. The van der Waals surface area contributed by atoms with E-state index < -0.39 is 5.60 Å². The number of guanidine groups is 1. The van der Waals surface area contributed by atoms with Crippen LogP contribution in [0.3, 0.4) is 0 Å². The van der Waals surface area contributed by atoms with Crippen LogP contribution < -0.4 is 10.6 Å². The molecule has 2 fully saturated rings. The molecule has 0 spiro atoms. The summed E-state index contributed by atoms with van der Waals surface area (Å²) in [5, 5.41) is 6.35. The molecule has 178 valence electrons. The van der Waals surface area contributed by atoms with E-state index in [0.717, 1.165) is 43.0 Å². The van der Waals surface area contributed by atoms with Crippen LogP contribution >= 0.6 is 24.0 Å². The first-order chi connectivity index (χ1) is 14.7. The first-order valence-electron chi connectivity index (χ1n) is 11.0. The number of ether oxygens (including phenoxy) is 1. The van der Waals surface area contributed by atoms with Gasteiger partial charge in [0.15, 0.2) is 5.96 Å². The molecule has 1 unspecified atom stereocenters. The Kier molecular flexibility index (Phi) is 9.60. The highest BCUT2D eigenvalue weighted by molar-refractivity contribution is 14.0. The minimum atomic E-state index is -0.500. The van der Waals surface area contributed by atoms with E-state index in [1.165, 1.54) is 0 Å². The number of halogens is 1. The molecule has 2 amide bonds. The van der Waals surface area contributed by atoms with Gasteiger partial charge in [0, 0.05) is 46.2 Å². The van der Waals surface area contributed by atoms with Gasteiger partial charge in [-0.2, -0.15) is 0 Å². The number of nitrogens with one attached hydrogen (secondary N) is 2. The number of benzene rings is 1. The molecule has 0 radical (unpaired) electrons. The van der Waals surface area contributed by atoms with Crippen molar-refractivity contribution < 1.29 is 14.3 Å². The molecule has 0 saturated carbocycles. The fourth-order valence-corrected chi connectivity index (χ4v) is 3.91. The van der Waals surface area contributed by atoms with Gasteiger partial charge < -0.3 is 25.2 Å². The van der Waals surface area contributed by atoms with E-state index in [-0.39, 0.29) is 42.0 Å². The zero-order chi connectivity index (χ0) is 22.4. The molecule has 32 heavy (non-hydrogen) atoms. The number of aliphatic imine (C=N–C) groups is 1. The molecular formula is C23H36IN5O3. The smallest absolute Gasteiger partial charge is 0.407 e. The maximum atomic E-state index is 12.0. The fourth-order valence-electron chi connectivity index (χ4n) is 3.91. The number of carbonyl (C=O) groups is 2. The van der Waals surface area contributed by atoms with Crippen molar-refractivity contribution >= 4 is 41.9 Å². The highest BCUT2D eigenvalue weighted by Crippen LogP contribution is 2.15. The van der Waals surface area contributed by atoms with E-state index in [9.17, 15) is 9.59 Å². The third-order valence-electron chi connectivity index (χ3n) is 5.44. The largest absolute Gasteiger partial charge is 0.444 e. The molecule has 2 aliphatic rings. The molecule has 1 atom stereocenters. The summed E-state index contributed by atoms with van der Waals surface area (Å²) >= 11 is 0. The van der Waals surface area contributed by atoms with E-state index in [2.05, 4.69) is 44.8 Å². The van der Waals surface area contributed by atoms with Crippen LogP contribution in [-0.2, 0) is 22.6 Å². The lowest BCUT2D eigenvalue weighted by Gasteiger charge is -2.23. The average Bonchev–Trinajstić information content (AvgIpc) is 3.31. The predicted molar refractivity (Wildman–Crippen MR) is 136 cm³/mol. The summed E-state index contributed by atoms with van der Waals surface area (Å²) in [7, 11) is 1.77. The van der Waals surface area contributed by atoms with Gasteiger partial charge in [0.25, 0.3) is 0 Å². The third kappa shape index (κ3) is 7.83. The number of alkyl carbamates (subject to hydrolysis) is 1. The first-order valence-corrected chi connectivity index (χ1v) is 11.0. The Labute approximate surface area is 208 Å². The fraction of sp³-hybridized carbons (Fsp3) is 0.609. The van der Waals surface area contributed by atoms with Crippen LogP contribution in [-0.4, -0.2) is 66.1 Å². The van der Waals surface area contributed by atoms with Gasteiger partial charge in [-0.3, -0.25) is 9.79 Å². The number of rotatable bonds is 5. The number of hydrogen-bond acceptors (Lipinski definition) is 4. The number of amides is 2. The number of nitrogens with zero attached hydrogens (tertiary/aromatic N) is 3. The molecule has 2 saturated heterocycles. The van der Waals surface area contributed by atoms with Crippen molar-refractivity contribution in [1.82, 2.24) is 20.4 Å². The SMILES string of the molecule is CN=C(NCc1ccc(CN2CCCC2=O)cc1)N1CCC(NC(=O)OC(C)(C)C)C1.I. The van der Waals surface area contributed by atoms with Gasteiger partial charge in [-0.15, -0.1) is 24.0 Å². The van der Waals surface area contributed by atoms with Gasteiger partial charge >= 0.3 is 6.09 Å². The van der Waals surface area contributed by atoms with Crippen molar-refractivity contribution in [2.75, 3.05) is 26.7 Å². The van der Waals surface area contributed by atoms with Crippen molar-refractivity contribution in [3.63, 3.8) is 0 Å². The average molecular weight is 557 g/mol. The highest BCUT2D eigenvalue weighted by Gasteiger charge is 2.27. The zero-order valence-electron chi connectivity index (χ0n) is 19.5. The molecule has 2 heterocycles. The third-order valence-corrected chi connectivity index (χ3v) is 5.44. The normalized spacial score (nSPS) is 19.1. The molecule has 1 aromatic carbocycles. The lowest BCUT2D eigenvalue weighted by Crippen LogP contribution is -2.44. The van der Waals surface area contributed by atoms with E-state index >= 15 is 0 Å². The van der Waals surface area contributed by atoms with Crippen molar-refractivity contribution in [2.24, 2.45) is 4.99 Å². The second-order valence-electron chi connectivity index (χ2n) is 9.21. The number of carbonyl (C=O) groups excluding carboxylic acids is 2. The second-order valence-corrected chi connectivity index (χ2v) is 9.21. The topological polar surface area (TPSA) is 86.3 Å². The first kappa shape index (κ1) is 26.2. The van der Waals surface area contributed by atoms with Crippen molar-refractivity contribution in [2.45, 2.75) is 64.8 Å². The van der Waals surface area contributed by atoms with Gasteiger partial charge in [-0.05, 0) is 44.7 Å². The quantitative estimate of drug-likeness (QED) is 0.330. The molecule has 9 heteroatoms. The van der Waals surface area contributed by atoms with Gasteiger partial charge in [0.1, 0.15) is 5.60 Å². The van der Waals surface area contributed by atoms with Crippen LogP contribution in [0.2, 0.25) is 0 Å². The minimum Gasteiger partial charge on any atom is -0.444 e. The molecular weight excluding hydrogens is 521 g/mol. The Balaban J connectivity index is 0.00000363. The van der Waals surface area contributed by atoms with Crippen LogP contribution in [0, 0.1) is 0 Å². The Morgan fingerprint density at radius 1 is 1.19 bits per heavy atom. The summed E-state index contributed by atoms with van der Waals surface area (Å²) in [6, 6.07) is 8.39. The van der Waals surface area contributed by atoms with E-state index in [1.54, 1.807) is 7.05 Å². The molecule has 3 rings (SSSR count). The van der Waals surface area contributed by atoms with Gasteiger partial charge in [-0.1, -0.05) is 24.3 Å². The summed E-state index contributed by atoms with van der Waals surface area (Å²) in [5.41, 5.74) is 1.80. The van der Waals surface area contributed by atoms with Crippen LogP contribution in [0.5, 0.6) is 0 Å². The van der Waals surface area contributed by atoms with E-state index in [4.69, 9.17) is 4.74 Å². The van der Waals surface area contributed by atoms with Crippen LogP contribution in [0.15, 0.2) is 29.3 Å². The van der Waals surface area contributed by atoms with Crippen molar-refractivity contribution in [3.05, 3.63) is 35.4 Å². The molecule has 8 nitrogen and oxygen atoms in total. The minimum absolute atomic E-state index is 0. The van der Waals surface area contributed by atoms with Crippen molar-refractivity contribution in [1.29, 1.82) is 0 Å². The van der Waals surface area contributed by atoms with Crippen LogP contribution in [0.4, 0.5) is 4.79 Å². The summed E-state index contributed by atoms with van der Waals surface area (Å²) in [5.74, 6) is 1.07. The van der Waals surface area contributed by atoms with Crippen LogP contribution in [0.1, 0.15) is 51.2 Å². The van der Waals surface area contributed by atoms with Gasteiger partial charge in [0.2, 0.25) is 5.91 Å². The Morgan fingerprint density at radius 3 is 2.47 bits per heavy atom. The molecule has 2 N–H and O–H groups in total. The molecule has 0 aromatic heterocycles. The second kappa shape index (κ2) is 11.7. The lowest BCUT2D eigenvalue weighted by molar-refractivity contribution is -0.128. The van der Waals surface area contributed by atoms with Crippen LogP contribution in [0.25, 0.3) is 0 Å². The zero-order valence-corrected chi connectivity index (χ0v) is 21.8. The Hall–Kier alpha value is -2.04. The maximum absolute atomic E-state index is 12.0. The number of hydrogen-bond donors (Lipinski definition) is 2. The van der Waals surface area contributed by atoms with Crippen molar-refractivity contribution in [3.8, 4) is 0 Å². The molecule has 0 aliphatic carbocycles. The van der Waals surface area contributed by atoms with Gasteiger partial charge in [-0.25, -0.2) is 4.79 Å². The molecule has 2 aliphatic heterocycles. The van der Waals surface area contributed by atoms with E-state index in [1.807, 2.05) is 25.7 Å². The highest BCUT2D eigenvalue weighted by atomic mass is 127. The number of likely N-dealkylation sites (tertiary alicyclic amines) is 2. The molecule has 0 bridgehead atoms. The summed E-state index contributed by atoms with van der Waals surface area (Å²) in [4.78, 5) is 32.3. The van der Waals surface area contributed by atoms with Gasteiger partial charge in [0.05, 0.1) is 6.04 Å².